The average Bonchev–Trinajstić information content (AvgIpc) is 1.54. The van der Waals surface area contributed by atoms with E-state index in [1.165, 1.54) is 0 Å². The van der Waals surface area contributed by atoms with Crippen molar-refractivity contribution in [2.45, 2.75) is 0 Å². The number of nitrogens with zero attached hydrogens (tertiary/aromatic N) is 3. The van der Waals surface area contributed by atoms with E-state index in [-0.39, 0.29) is 29.9 Å². The molecule has 0 aromatic rings. The second-order valence-electron chi connectivity index (χ2n) is 0.671. The molecule has 0 heterocycles. The molecule has 0 saturated carbocycles. The van der Waals surface area contributed by atoms with Crippen molar-refractivity contribution in [3.8, 4) is 0 Å². The predicted molar refractivity (Wildman–Crippen MR) is 31.1 cm³/mol. The standard InChI is InChI=1S/3NO3.Np/c3*2-1(3)4;/q3*-1;. The van der Waals surface area contributed by atoms with E-state index in [0.29, 0.717) is 0 Å². The van der Waals surface area contributed by atoms with Gasteiger partial charge < -0.3 is 46.0 Å². The van der Waals surface area contributed by atoms with Gasteiger partial charge in [0.15, 0.2) is 0 Å². The molecule has 13 heteroatoms. The van der Waals surface area contributed by atoms with Crippen LogP contribution in [0.2, 0.25) is 0 Å². The maximum Gasteiger partial charge on any atom is 0.0689 e. The van der Waals surface area contributed by atoms with E-state index in [4.69, 9.17) is 46.0 Å². The molecule has 0 N–H and O–H groups in total. The Bertz CT molecular complexity index is 112. The Morgan fingerprint density at radius 3 is 0.538 bits per heavy atom. The molecule has 0 unspecified atom stereocenters. The Morgan fingerprint density at radius 2 is 0.538 bits per heavy atom. The van der Waals surface area contributed by atoms with E-state index in [1.807, 2.05) is 0 Å². The first-order valence-electron chi connectivity index (χ1n) is 1.64. The summed E-state index contributed by atoms with van der Waals surface area (Å²) in [6.07, 6.45) is 0. The summed E-state index contributed by atoms with van der Waals surface area (Å²) in [6, 6.07) is 0. The van der Waals surface area contributed by atoms with Crippen molar-refractivity contribution < 1.29 is 45.2 Å². The van der Waals surface area contributed by atoms with Gasteiger partial charge in [-0.15, -0.1) is 0 Å². The summed E-state index contributed by atoms with van der Waals surface area (Å²) >= 11 is 0. The Kier molecular flexibility index (Phi) is 29.4. The van der Waals surface area contributed by atoms with E-state index in [1.54, 1.807) is 0 Å². The van der Waals surface area contributed by atoms with Crippen LogP contribution in [0.4, 0.5) is 0 Å². The van der Waals surface area contributed by atoms with Crippen LogP contribution in [0, 0.1) is 75.9 Å². The fourth-order valence-corrected chi connectivity index (χ4v) is 0. The quantitative estimate of drug-likeness (QED) is 0.356. The fraction of sp³-hybridized carbons (Fsp3) is 0. The largest absolute Gasteiger partial charge is 0.356 e. The molecule has 0 spiro atoms. The van der Waals surface area contributed by atoms with Crippen LogP contribution in [-0.2, 0) is 0 Å². The monoisotopic (exact) mass is 422 g/mol. The van der Waals surface area contributed by atoms with Crippen LogP contribution in [0.15, 0.2) is 0 Å². The SMILES string of the molecule is O=[N+]([O-])[O-].O=[N+]([O-])[O-].O=[N+]([O-])[O-].[Np]. The first-order valence-corrected chi connectivity index (χ1v) is 1.64. The zero-order valence-electron chi connectivity index (χ0n) is 5.46. The van der Waals surface area contributed by atoms with Crippen molar-refractivity contribution in [1.82, 2.24) is 0 Å². The van der Waals surface area contributed by atoms with Crippen LogP contribution >= 0.6 is 0 Å². The normalized spacial score (nSPS) is 5.54. The molecule has 0 bridgehead atoms. The number of rotatable bonds is 0. The van der Waals surface area contributed by atoms with Gasteiger partial charge in [-0.2, -0.15) is 0 Å². The smallest absolute Gasteiger partial charge is 0.0689 e. The van der Waals surface area contributed by atoms with Crippen LogP contribution in [0.25, 0.3) is 0 Å². The summed E-state index contributed by atoms with van der Waals surface area (Å²) < 4.78 is 0. The molecule has 0 aromatic heterocycles. The molecule has 0 atom stereocenters. The molecule has 0 amide bonds. The molecular formula is N3NpO9-3. The van der Waals surface area contributed by atoms with Gasteiger partial charge in [-0.25, -0.2) is 0 Å². The van der Waals surface area contributed by atoms with Gasteiger partial charge in [-0.3, -0.25) is 0 Å². The molecule has 1 radical (unpaired) electrons. The summed E-state index contributed by atoms with van der Waals surface area (Å²) in [5.74, 6) is 0. The van der Waals surface area contributed by atoms with Gasteiger partial charge in [0, 0.05) is 29.9 Å². The zero-order chi connectivity index (χ0) is 10.7. The molecular weight excluding hydrogens is 423 g/mol. The summed E-state index contributed by atoms with van der Waals surface area (Å²) in [7, 11) is 0. The number of hydrogen-bond acceptors (Lipinski definition) is 9. The predicted octanol–water partition coefficient (Wildman–Crippen LogP) is -0.717. The summed E-state index contributed by atoms with van der Waals surface area (Å²) in [5.41, 5.74) is 0. The van der Waals surface area contributed by atoms with Gasteiger partial charge >= 0.3 is 0 Å². The van der Waals surface area contributed by atoms with E-state index in [0.717, 1.165) is 0 Å². The zero-order valence-corrected chi connectivity index (χ0v) is 9.19. The molecule has 0 fully saturated rings. The second-order valence-corrected chi connectivity index (χ2v) is 0.671. The third kappa shape index (κ3) is 409. The van der Waals surface area contributed by atoms with Gasteiger partial charge in [0.1, 0.15) is 0 Å². The maximum atomic E-state index is 8.25. The van der Waals surface area contributed by atoms with Crippen molar-refractivity contribution in [2.24, 2.45) is 0 Å². The molecule has 0 aromatic carbocycles. The molecule has 0 aliphatic carbocycles. The van der Waals surface area contributed by atoms with E-state index >= 15 is 0 Å². The summed E-state index contributed by atoms with van der Waals surface area (Å²) in [6.45, 7) is 0. The fourth-order valence-electron chi connectivity index (χ4n) is 0. The molecule has 0 rings (SSSR count). The van der Waals surface area contributed by atoms with Crippen LogP contribution in [0.1, 0.15) is 0 Å². The third-order valence-corrected chi connectivity index (χ3v) is 0. The van der Waals surface area contributed by atoms with Crippen molar-refractivity contribution in [2.75, 3.05) is 0 Å². The Labute approximate surface area is 91.4 Å². The van der Waals surface area contributed by atoms with Crippen LogP contribution in [-0.4, -0.2) is 15.3 Å². The van der Waals surface area contributed by atoms with E-state index in [9.17, 15) is 0 Å². The van der Waals surface area contributed by atoms with Crippen LogP contribution in [0.5, 0.6) is 0 Å². The third-order valence-electron chi connectivity index (χ3n) is 0. The van der Waals surface area contributed by atoms with Gasteiger partial charge in [0.25, 0.3) is 0 Å². The van der Waals surface area contributed by atoms with Crippen molar-refractivity contribution in [3.05, 3.63) is 46.0 Å². The minimum atomic E-state index is -1.75. The van der Waals surface area contributed by atoms with Gasteiger partial charge in [0.2, 0.25) is 0 Å². The van der Waals surface area contributed by atoms with Crippen molar-refractivity contribution >= 4 is 0 Å². The van der Waals surface area contributed by atoms with Crippen LogP contribution in [0.3, 0.4) is 0 Å². The minimum Gasteiger partial charge on any atom is -0.356 e. The van der Waals surface area contributed by atoms with Crippen molar-refractivity contribution in [3.63, 3.8) is 0 Å². The van der Waals surface area contributed by atoms with Crippen LogP contribution < -0.4 is 0 Å². The number of hydrogen-bond donors (Lipinski definition) is 0. The molecule has 0 aliphatic rings. The maximum absolute atomic E-state index is 8.25. The summed E-state index contributed by atoms with van der Waals surface area (Å²) in [4.78, 5) is 24.8. The average molecular weight is 423 g/mol. The minimum absolute atomic E-state index is 0. The van der Waals surface area contributed by atoms with Crippen molar-refractivity contribution in [1.29, 1.82) is 0 Å². The van der Waals surface area contributed by atoms with Gasteiger partial charge in [0.05, 0.1) is 15.3 Å². The molecule has 12 nitrogen and oxygen atoms in total. The van der Waals surface area contributed by atoms with Gasteiger partial charge in [-0.05, 0) is 0 Å². The van der Waals surface area contributed by atoms with E-state index in [2.05, 4.69) is 0 Å². The Morgan fingerprint density at radius 1 is 0.538 bits per heavy atom. The molecule has 0 aliphatic heterocycles. The molecule has 77 valence electrons. The Balaban J connectivity index is -0.0000000450. The Hall–Kier alpha value is -1.39. The second kappa shape index (κ2) is 16.9. The topological polar surface area (TPSA) is 199 Å². The molecule has 13 heavy (non-hydrogen) atoms. The summed E-state index contributed by atoms with van der Waals surface area (Å²) in [5, 5.41) is 44.2. The van der Waals surface area contributed by atoms with Gasteiger partial charge in [-0.1, -0.05) is 0 Å². The first-order chi connectivity index (χ1) is 5.20. The van der Waals surface area contributed by atoms with E-state index < -0.39 is 15.3 Å². The molecule has 0 saturated heterocycles. The first kappa shape index (κ1) is 22.6.